The van der Waals surface area contributed by atoms with Gasteiger partial charge < -0.3 is 4.90 Å². The molecule has 144 valence electrons. The number of carbonyl (C=O) groups excluding carboxylic acids is 1. The number of anilines is 1. The molecule has 0 aliphatic heterocycles. The topological polar surface area (TPSA) is 20.3 Å². The van der Waals surface area contributed by atoms with Crippen molar-refractivity contribution in [3.05, 3.63) is 100 Å². The first-order valence-corrected chi connectivity index (χ1v) is 9.60. The number of benzene rings is 3. The Morgan fingerprint density at radius 1 is 0.821 bits per heavy atom. The molecular formula is C25H26FNO. The van der Waals surface area contributed by atoms with Crippen molar-refractivity contribution in [2.45, 2.75) is 33.6 Å². The molecule has 0 bridgehead atoms. The van der Waals surface area contributed by atoms with Crippen molar-refractivity contribution in [1.82, 2.24) is 0 Å². The molecule has 0 radical (unpaired) electrons. The lowest BCUT2D eigenvalue weighted by atomic mass is 10.1. The maximum absolute atomic E-state index is 13.9. The lowest BCUT2D eigenvalue weighted by Crippen LogP contribution is -2.34. The van der Waals surface area contributed by atoms with E-state index in [1.54, 1.807) is 19.1 Å². The molecule has 28 heavy (non-hydrogen) atoms. The molecular weight excluding hydrogens is 349 g/mol. The smallest absolute Gasteiger partial charge is 0.231 e. The molecule has 0 saturated carbocycles. The van der Waals surface area contributed by atoms with Gasteiger partial charge in [0.25, 0.3) is 0 Å². The minimum atomic E-state index is -0.203. The number of halogens is 1. The molecule has 0 aromatic heterocycles. The molecule has 0 atom stereocenters. The second kappa shape index (κ2) is 8.83. The van der Waals surface area contributed by atoms with Gasteiger partial charge in [-0.1, -0.05) is 48.5 Å². The Morgan fingerprint density at radius 3 is 2.21 bits per heavy atom. The summed E-state index contributed by atoms with van der Waals surface area (Å²) >= 11 is 0. The van der Waals surface area contributed by atoms with Crippen LogP contribution >= 0.6 is 0 Å². The standard InChI is InChI=1S/C25H26FNO/c1-18-10-12-23(15-20(18)3)27(25(28)17-21-7-5-4-6-8-21)14-13-22-11-9-19(2)24(26)16-22/h4-12,15-16H,13-14,17H2,1-3H3. The fraction of sp³-hybridized carbons (Fsp3) is 0.240. The van der Waals surface area contributed by atoms with Gasteiger partial charge in [0.1, 0.15) is 5.82 Å². The normalized spacial score (nSPS) is 10.7. The summed E-state index contributed by atoms with van der Waals surface area (Å²) in [5.41, 5.74) is 5.75. The second-order valence-corrected chi connectivity index (χ2v) is 7.31. The van der Waals surface area contributed by atoms with E-state index in [2.05, 4.69) is 6.92 Å². The van der Waals surface area contributed by atoms with Gasteiger partial charge in [0.2, 0.25) is 5.91 Å². The zero-order valence-electron chi connectivity index (χ0n) is 16.7. The minimum Gasteiger partial charge on any atom is -0.312 e. The van der Waals surface area contributed by atoms with E-state index >= 15 is 0 Å². The summed E-state index contributed by atoms with van der Waals surface area (Å²) in [6.45, 7) is 6.37. The number of amides is 1. The molecule has 2 nitrogen and oxygen atoms in total. The van der Waals surface area contributed by atoms with Crippen LogP contribution in [0.3, 0.4) is 0 Å². The van der Waals surface area contributed by atoms with E-state index in [9.17, 15) is 9.18 Å². The van der Waals surface area contributed by atoms with Gasteiger partial charge >= 0.3 is 0 Å². The zero-order chi connectivity index (χ0) is 20.1. The monoisotopic (exact) mass is 375 g/mol. The van der Waals surface area contributed by atoms with Gasteiger partial charge in [0.15, 0.2) is 0 Å². The van der Waals surface area contributed by atoms with E-state index in [4.69, 9.17) is 0 Å². The molecule has 0 aliphatic rings. The van der Waals surface area contributed by atoms with Crippen LogP contribution < -0.4 is 4.90 Å². The fourth-order valence-corrected chi connectivity index (χ4v) is 3.19. The van der Waals surface area contributed by atoms with Crippen LogP contribution in [0.1, 0.15) is 27.8 Å². The van der Waals surface area contributed by atoms with Crippen LogP contribution in [-0.4, -0.2) is 12.5 Å². The Morgan fingerprint density at radius 2 is 1.54 bits per heavy atom. The number of hydrogen-bond donors (Lipinski definition) is 0. The van der Waals surface area contributed by atoms with Crippen molar-refractivity contribution in [2.24, 2.45) is 0 Å². The predicted molar refractivity (Wildman–Crippen MR) is 113 cm³/mol. The van der Waals surface area contributed by atoms with E-state index in [1.165, 1.54) is 5.56 Å². The maximum Gasteiger partial charge on any atom is 0.231 e. The number of nitrogens with zero attached hydrogens (tertiary/aromatic N) is 1. The highest BCUT2D eigenvalue weighted by atomic mass is 19.1. The Hall–Kier alpha value is -2.94. The van der Waals surface area contributed by atoms with Crippen molar-refractivity contribution < 1.29 is 9.18 Å². The van der Waals surface area contributed by atoms with Gasteiger partial charge in [0.05, 0.1) is 6.42 Å². The third-order valence-corrected chi connectivity index (χ3v) is 5.16. The lowest BCUT2D eigenvalue weighted by Gasteiger charge is -2.24. The summed E-state index contributed by atoms with van der Waals surface area (Å²) in [5.74, 6) is -0.159. The van der Waals surface area contributed by atoms with Crippen LogP contribution in [0.25, 0.3) is 0 Å². The van der Waals surface area contributed by atoms with Gasteiger partial charge in [-0.3, -0.25) is 4.79 Å². The number of hydrogen-bond acceptors (Lipinski definition) is 1. The van der Waals surface area contributed by atoms with Crippen molar-refractivity contribution >= 4 is 11.6 Å². The highest BCUT2D eigenvalue weighted by Gasteiger charge is 2.17. The minimum absolute atomic E-state index is 0.0436. The van der Waals surface area contributed by atoms with Gasteiger partial charge in [-0.05, 0) is 73.2 Å². The van der Waals surface area contributed by atoms with Crippen LogP contribution in [-0.2, 0) is 17.6 Å². The molecule has 3 rings (SSSR count). The highest BCUT2D eigenvalue weighted by Crippen LogP contribution is 2.21. The largest absolute Gasteiger partial charge is 0.312 e. The van der Waals surface area contributed by atoms with E-state index in [0.717, 1.165) is 22.4 Å². The van der Waals surface area contributed by atoms with Gasteiger partial charge in [-0.25, -0.2) is 4.39 Å². The van der Waals surface area contributed by atoms with Crippen LogP contribution in [0.15, 0.2) is 66.7 Å². The first kappa shape index (κ1) is 19.8. The molecule has 0 unspecified atom stereocenters. The summed E-state index contributed by atoms with van der Waals surface area (Å²) in [4.78, 5) is 14.9. The summed E-state index contributed by atoms with van der Waals surface area (Å²) < 4.78 is 13.9. The summed E-state index contributed by atoms with van der Waals surface area (Å²) in [5, 5.41) is 0. The van der Waals surface area contributed by atoms with Crippen LogP contribution in [0.5, 0.6) is 0 Å². The second-order valence-electron chi connectivity index (χ2n) is 7.31. The zero-order valence-corrected chi connectivity index (χ0v) is 16.7. The van der Waals surface area contributed by atoms with Crippen LogP contribution in [0.4, 0.5) is 10.1 Å². The van der Waals surface area contributed by atoms with E-state index in [-0.39, 0.29) is 11.7 Å². The average Bonchev–Trinajstić information content (AvgIpc) is 2.68. The molecule has 3 aromatic rings. The average molecular weight is 375 g/mol. The Balaban J connectivity index is 1.83. The van der Waals surface area contributed by atoms with Crippen molar-refractivity contribution in [2.75, 3.05) is 11.4 Å². The van der Waals surface area contributed by atoms with Crippen LogP contribution in [0.2, 0.25) is 0 Å². The van der Waals surface area contributed by atoms with Gasteiger partial charge in [-0.2, -0.15) is 0 Å². The first-order chi connectivity index (χ1) is 13.4. The molecule has 0 aliphatic carbocycles. The highest BCUT2D eigenvalue weighted by molar-refractivity contribution is 5.94. The fourth-order valence-electron chi connectivity index (χ4n) is 3.19. The molecule has 1 amide bonds. The molecule has 3 heteroatoms. The Labute approximate surface area is 166 Å². The first-order valence-electron chi connectivity index (χ1n) is 9.60. The quantitative estimate of drug-likeness (QED) is 0.552. The number of rotatable bonds is 6. The molecule has 0 saturated heterocycles. The van der Waals surface area contributed by atoms with Crippen LogP contribution in [0, 0.1) is 26.6 Å². The third kappa shape index (κ3) is 4.86. The molecule has 0 N–H and O–H groups in total. The van der Waals surface area contributed by atoms with Gasteiger partial charge in [-0.15, -0.1) is 0 Å². The molecule has 0 heterocycles. The maximum atomic E-state index is 13.9. The van der Waals surface area contributed by atoms with Gasteiger partial charge in [0, 0.05) is 12.2 Å². The molecule has 0 spiro atoms. The number of aryl methyl sites for hydroxylation is 3. The lowest BCUT2D eigenvalue weighted by molar-refractivity contribution is -0.118. The molecule has 0 fully saturated rings. The SMILES string of the molecule is Cc1ccc(N(CCc2ccc(C)c(F)c2)C(=O)Cc2ccccc2)cc1C. The van der Waals surface area contributed by atoms with E-state index in [0.29, 0.717) is 24.9 Å². The van der Waals surface area contributed by atoms with Crippen molar-refractivity contribution in [3.8, 4) is 0 Å². The summed E-state index contributed by atoms with van der Waals surface area (Å²) in [6, 6.07) is 21.1. The van der Waals surface area contributed by atoms with Crippen molar-refractivity contribution in [1.29, 1.82) is 0 Å². The third-order valence-electron chi connectivity index (χ3n) is 5.16. The summed E-state index contributed by atoms with van der Waals surface area (Å²) in [7, 11) is 0. The Kier molecular flexibility index (Phi) is 6.25. The van der Waals surface area contributed by atoms with E-state index < -0.39 is 0 Å². The summed E-state index contributed by atoms with van der Waals surface area (Å²) in [6.07, 6.45) is 0.945. The Bertz CT molecular complexity index is 966. The molecule has 3 aromatic carbocycles. The van der Waals surface area contributed by atoms with E-state index in [1.807, 2.05) is 66.4 Å². The predicted octanol–water partition coefficient (Wildman–Crippen LogP) is 5.57. The number of carbonyl (C=O) groups is 1. The van der Waals surface area contributed by atoms with Crippen molar-refractivity contribution in [3.63, 3.8) is 0 Å².